The summed E-state index contributed by atoms with van der Waals surface area (Å²) in [5.41, 5.74) is 0.0381. The van der Waals surface area contributed by atoms with Crippen molar-refractivity contribution in [2.24, 2.45) is 5.41 Å². The van der Waals surface area contributed by atoms with Crippen LogP contribution in [0.15, 0.2) is 16.6 Å². The predicted molar refractivity (Wildman–Crippen MR) is 81.2 cm³/mol. The van der Waals surface area contributed by atoms with Gasteiger partial charge in [-0.25, -0.2) is 0 Å². The number of aliphatic hydroxyl groups is 1. The quantitative estimate of drug-likeness (QED) is 0.881. The second kappa shape index (κ2) is 5.86. The van der Waals surface area contributed by atoms with Crippen LogP contribution in [-0.2, 0) is 0 Å². The maximum atomic E-state index is 10.8. The Kier molecular flexibility index (Phi) is 4.10. The summed E-state index contributed by atoms with van der Waals surface area (Å²) in [5, 5.41) is 20.4. The summed E-state index contributed by atoms with van der Waals surface area (Å²) >= 11 is 3.47. The maximum Gasteiger partial charge on any atom is 0.175 e. The summed E-state index contributed by atoms with van der Waals surface area (Å²) in [6.45, 7) is 1.03. The van der Waals surface area contributed by atoms with Crippen LogP contribution in [0, 0.1) is 16.7 Å². The molecule has 112 valence electrons. The minimum Gasteiger partial charge on any atom is -0.486 e. The summed E-state index contributed by atoms with van der Waals surface area (Å²) < 4.78 is 11.9. The normalized spacial score (nSPS) is 21.4. The summed E-state index contributed by atoms with van der Waals surface area (Å²) in [6, 6.07) is 6.02. The number of ether oxygens (including phenoxy) is 2. The van der Waals surface area contributed by atoms with E-state index in [0.717, 1.165) is 42.1 Å². The molecular formula is C16H18BrNO3. The van der Waals surface area contributed by atoms with Gasteiger partial charge in [-0.05, 0) is 46.5 Å². The highest BCUT2D eigenvalue weighted by atomic mass is 79.9. The lowest BCUT2D eigenvalue weighted by Crippen LogP contribution is -2.30. The highest BCUT2D eigenvalue weighted by molar-refractivity contribution is 9.10. The fourth-order valence-corrected chi connectivity index (χ4v) is 3.81. The molecule has 1 saturated carbocycles. The van der Waals surface area contributed by atoms with Crippen molar-refractivity contribution in [2.75, 3.05) is 13.2 Å². The second-order valence-electron chi connectivity index (χ2n) is 5.76. The number of fused-ring (bicyclic) bond motifs is 1. The van der Waals surface area contributed by atoms with Gasteiger partial charge in [0.2, 0.25) is 0 Å². The molecule has 0 aromatic heterocycles. The van der Waals surface area contributed by atoms with E-state index in [4.69, 9.17) is 9.47 Å². The highest BCUT2D eigenvalue weighted by Crippen LogP contribution is 2.48. The molecule has 1 unspecified atom stereocenters. The Hall–Kier alpha value is -1.25. The molecule has 2 aliphatic rings. The van der Waals surface area contributed by atoms with E-state index in [0.29, 0.717) is 24.7 Å². The Bertz CT molecular complexity index is 576. The molecule has 3 rings (SSSR count). The van der Waals surface area contributed by atoms with Crippen molar-refractivity contribution in [3.8, 4) is 17.6 Å². The van der Waals surface area contributed by atoms with Gasteiger partial charge in [-0.15, -0.1) is 0 Å². The Balaban J connectivity index is 1.96. The number of rotatable bonds is 2. The fourth-order valence-electron chi connectivity index (χ4n) is 3.24. The number of nitrogens with zero attached hydrogens (tertiary/aromatic N) is 1. The number of benzene rings is 1. The minimum atomic E-state index is -0.796. The molecule has 0 spiro atoms. The Morgan fingerprint density at radius 3 is 2.62 bits per heavy atom. The van der Waals surface area contributed by atoms with Crippen molar-refractivity contribution in [1.82, 2.24) is 0 Å². The third-order valence-electron chi connectivity index (χ3n) is 4.43. The van der Waals surface area contributed by atoms with Crippen molar-refractivity contribution >= 4 is 15.9 Å². The zero-order chi connectivity index (χ0) is 14.9. The average molecular weight is 352 g/mol. The van der Waals surface area contributed by atoms with Gasteiger partial charge >= 0.3 is 0 Å². The van der Waals surface area contributed by atoms with Gasteiger partial charge in [-0.3, -0.25) is 0 Å². The summed E-state index contributed by atoms with van der Waals surface area (Å²) in [7, 11) is 0. The smallest absolute Gasteiger partial charge is 0.175 e. The number of hydrogen-bond donors (Lipinski definition) is 1. The van der Waals surface area contributed by atoms with E-state index in [-0.39, 0.29) is 0 Å². The zero-order valence-corrected chi connectivity index (χ0v) is 13.4. The lowest BCUT2D eigenvalue weighted by atomic mass is 9.69. The molecular weight excluding hydrogens is 334 g/mol. The van der Waals surface area contributed by atoms with Gasteiger partial charge in [0.15, 0.2) is 11.5 Å². The monoisotopic (exact) mass is 351 g/mol. The summed E-state index contributed by atoms with van der Waals surface area (Å²) in [6.07, 6.45) is 3.83. The first-order chi connectivity index (χ1) is 10.2. The molecule has 1 N–H and O–H groups in total. The number of hydrogen-bond acceptors (Lipinski definition) is 4. The van der Waals surface area contributed by atoms with Crippen LogP contribution < -0.4 is 9.47 Å². The van der Waals surface area contributed by atoms with Gasteiger partial charge < -0.3 is 14.6 Å². The molecule has 0 bridgehead atoms. The molecule has 0 amide bonds. The molecule has 1 atom stereocenters. The van der Waals surface area contributed by atoms with E-state index in [1.165, 1.54) is 0 Å². The van der Waals surface area contributed by atoms with Gasteiger partial charge in [0.25, 0.3) is 0 Å². The van der Waals surface area contributed by atoms with Gasteiger partial charge in [-0.1, -0.05) is 19.3 Å². The summed E-state index contributed by atoms with van der Waals surface area (Å²) in [5.74, 6) is 1.31. The fraction of sp³-hybridized carbons (Fsp3) is 0.562. The van der Waals surface area contributed by atoms with Crippen molar-refractivity contribution in [3.05, 3.63) is 22.2 Å². The predicted octanol–water partition coefficient (Wildman–Crippen LogP) is 3.73. The van der Waals surface area contributed by atoms with E-state index in [9.17, 15) is 10.4 Å². The van der Waals surface area contributed by atoms with E-state index < -0.39 is 11.5 Å². The van der Waals surface area contributed by atoms with Crippen LogP contribution in [0.1, 0.15) is 43.8 Å². The first-order valence-electron chi connectivity index (χ1n) is 7.35. The number of aliphatic hydroxyl groups excluding tert-OH is 1. The molecule has 1 aromatic rings. The van der Waals surface area contributed by atoms with Gasteiger partial charge in [0.1, 0.15) is 13.2 Å². The molecule has 21 heavy (non-hydrogen) atoms. The lowest BCUT2D eigenvalue weighted by Gasteiger charge is -2.35. The van der Waals surface area contributed by atoms with Crippen LogP contribution >= 0.6 is 15.9 Å². The average Bonchev–Trinajstić information content (AvgIpc) is 2.54. The summed E-state index contributed by atoms with van der Waals surface area (Å²) in [4.78, 5) is 0. The SMILES string of the molecule is N#CC1(C(O)c2cc(Br)c3c(c2)OCCO3)CCCCC1. The number of nitriles is 1. The molecule has 5 heteroatoms. The zero-order valence-electron chi connectivity index (χ0n) is 11.8. The largest absolute Gasteiger partial charge is 0.486 e. The molecule has 4 nitrogen and oxygen atoms in total. The third kappa shape index (κ3) is 2.63. The molecule has 1 aromatic carbocycles. The van der Waals surface area contributed by atoms with Crippen molar-refractivity contribution in [1.29, 1.82) is 5.26 Å². The highest BCUT2D eigenvalue weighted by Gasteiger charge is 2.40. The standard InChI is InChI=1S/C16H18BrNO3/c17-12-8-11(9-13-14(12)21-7-6-20-13)15(19)16(10-18)4-2-1-3-5-16/h8-9,15,19H,1-7H2. The van der Waals surface area contributed by atoms with Crippen LogP contribution in [0.2, 0.25) is 0 Å². The van der Waals surface area contributed by atoms with Crippen molar-refractivity contribution in [2.45, 2.75) is 38.2 Å². The van der Waals surface area contributed by atoms with E-state index in [1.807, 2.05) is 6.07 Å². The maximum absolute atomic E-state index is 10.8. The Morgan fingerprint density at radius 1 is 1.19 bits per heavy atom. The molecule has 0 radical (unpaired) electrons. The molecule has 1 aliphatic heterocycles. The van der Waals surface area contributed by atoms with Crippen LogP contribution in [0.3, 0.4) is 0 Å². The van der Waals surface area contributed by atoms with Gasteiger partial charge in [0, 0.05) is 0 Å². The lowest BCUT2D eigenvalue weighted by molar-refractivity contribution is 0.0355. The van der Waals surface area contributed by atoms with Crippen molar-refractivity contribution in [3.63, 3.8) is 0 Å². The van der Waals surface area contributed by atoms with Gasteiger partial charge in [-0.2, -0.15) is 5.26 Å². The first kappa shape index (κ1) is 14.7. The van der Waals surface area contributed by atoms with E-state index in [2.05, 4.69) is 22.0 Å². The van der Waals surface area contributed by atoms with Crippen LogP contribution in [0.4, 0.5) is 0 Å². The van der Waals surface area contributed by atoms with E-state index in [1.54, 1.807) is 6.07 Å². The number of halogens is 1. The van der Waals surface area contributed by atoms with Crippen LogP contribution in [0.5, 0.6) is 11.5 Å². The van der Waals surface area contributed by atoms with E-state index >= 15 is 0 Å². The molecule has 0 saturated heterocycles. The van der Waals surface area contributed by atoms with Crippen LogP contribution in [-0.4, -0.2) is 18.3 Å². The third-order valence-corrected chi connectivity index (χ3v) is 5.02. The Labute approximate surface area is 132 Å². The van der Waals surface area contributed by atoms with Crippen LogP contribution in [0.25, 0.3) is 0 Å². The molecule has 1 fully saturated rings. The topological polar surface area (TPSA) is 62.5 Å². The van der Waals surface area contributed by atoms with Crippen molar-refractivity contribution < 1.29 is 14.6 Å². The molecule has 1 aliphatic carbocycles. The molecule has 1 heterocycles. The van der Waals surface area contributed by atoms with Gasteiger partial charge in [0.05, 0.1) is 22.1 Å². The Morgan fingerprint density at radius 2 is 1.90 bits per heavy atom. The second-order valence-corrected chi connectivity index (χ2v) is 6.61. The first-order valence-corrected chi connectivity index (χ1v) is 8.14. The minimum absolute atomic E-state index is 0.502.